The summed E-state index contributed by atoms with van der Waals surface area (Å²) in [7, 11) is -1.44. The number of amides is 1. The number of carbonyl (C=O) groups excluding carboxylic acids is 1. The molecule has 2 aromatic rings. The average molecular weight is 360 g/mol. The minimum absolute atomic E-state index is 0.00965. The van der Waals surface area contributed by atoms with Crippen molar-refractivity contribution < 1.29 is 13.2 Å². The third-order valence-electron chi connectivity index (χ3n) is 4.27. The molecule has 0 bridgehead atoms. The predicted octanol–water partition coefficient (Wildman–Crippen LogP) is 1.79. The van der Waals surface area contributed by atoms with Gasteiger partial charge in [0.15, 0.2) is 9.84 Å². The van der Waals surface area contributed by atoms with Crippen molar-refractivity contribution in [1.82, 2.24) is 14.9 Å². The van der Waals surface area contributed by atoms with Crippen LogP contribution in [0.2, 0.25) is 0 Å². The Kier molecular flexibility index (Phi) is 4.71. The molecule has 0 aliphatic carbocycles. The van der Waals surface area contributed by atoms with E-state index in [4.69, 9.17) is 0 Å². The second kappa shape index (κ2) is 6.79. The van der Waals surface area contributed by atoms with Crippen LogP contribution in [-0.2, 0) is 9.84 Å². The van der Waals surface area contributed by atoms with Gasteiger partial charge in [0.25, 0.3) is 5.91 Å². The molecule has 1 amide bonds. The highest BCUT2D eigenvalue weighted by atomic mass is 32.2. The molecular weight excluding hydrogens is 340 g/mol. The van der Waals surface area contributed by atoms with Gasteiger partial charge in [0.2, 0.25) is 0 Å². The van der Waals surface area contributed by atoms with Crippen molar-refractivity contribution in [1.29, 1.82) is 0 Å². The summed E-state index contributed by atoms with van der Waals surface area (Å²) in [6.45, 7) is 2.01. The van der Waals surface area contributed by atoms with E-state index >= 15 is 0 Å². The molecule has 1 aromatic carbocycles. The van der Waals surface area contributed by atoms with Gasteiger partial charge in [-0.1, -0.05) is 17.7 Å². The van der Waals surface area contributed by atoms with Crippen LogP contribution < -0.4 is 5.32 Å². The zero-order chi connectivity index (χ0) is 18.0. The van der Waals surface area contributed by atoms with Crippen molar-refractivity contribution in [2.24, 2.45) is 0 Å². The Morgan fingerprint density at radius 3 is 2.48 bits per heavy atom. The predicted molar refractivity (Wildman–Crippen MR) is 95.6 cm³/mol. The first kappa shape index (κ1) is 17.3. The van der Waals surface area contributed by atoms with Gasteiger partial charge in [0.1, 0.15) is 11.5 Å². The van der Waals surface area contributed by atoms with Crippen LogP contribution in [-0.4, -0.2) is 53.8 Å². The molecule has 0 spiro atoms. The number of aryl methyl sites for hydroxylation is 1. The Labute approximate surface area is 147 Å². The molecule has 1 saturated heterocycles. The number of anilines is 2. The second-order valence-corrected chi connectivity index (χ2v) is 8.48. The number of nitrogens with one attached hydrogen (secondary N) is 1. The lowest BCUT2D eigenvalue weighted by atomic mass is 10.2. The standard InChI is InChI=1S/C17H20N4O3S/c1-12-3-5-13(6-4-12)20-16-10-18-15(9-19-16)17(22)21(2)14-7-8-25(23,24)11-14/h3-6,9-10,14H,7-8,11H2,1-2H3,(H,19,20). The van der Waals surface area contributed by atoms with Crippen LogP contribution in [0, 0.1) is 6.92 Å². The van der Waals surface area contributed by atoms with Gasteiger partial charge in [-0.05, 0) is 25.5 Å². The summed E-state index contributed by atoms with van der Waals surface area (Å²) in [5, 5.41) is 3.11. The van der Waals surface area contributed by atoms with Crippen LogP contribution in [0.15, 0.2) is 36.7 Å². The molecule has 0 radical (unpaired) electrons. The van der Waals surface area contributed by atoms with Crippen molar-refractivity contribution in [3.8, 4) is 0 Å². The normalized spacial score (nSPS) is 18.7. The highest BCUT2D eigenvalue weighted by Gasteiger charge is 2.33. The number of hydrogen-bond acceptors (Lipinski definition) is 6. The Morgan fingerprint density at radius 1 is 1.20 bits per heavy atom. The molecule has 1 aliphatic rings. The molecule has 1 atom stereocenters. The van der Waals surface area contributed by atoms with E-state index in [1.807, 2.05) is 31.2 Å². The quantitative estimate of drug-likeness (QED) is 0.894. The van der Waals surface area contributed by atoms with Gasteiger partial charge in [0, 0.05) is 18.8 Å². The van der Waals surface area contributed by atoms with Gasteiger partial charge in [-0.2, -0.15) is 0 Å². The summed E-state index contributed by atoms with van der Waals surface area (Å²) in [6.07, 6.45) is 3.36. The maximum Gasteiger partial charge on any atom is 0.274 e. The maximum absolute atomic E-state index is 12.5. The van der Waals surface area contributed by atoms with E-state index in [-0.39, 0.29) is 29.1 Å². The Balaban J connectivity index is 1.67. The third-order valence-corrected chi connectivity index (χ3v) is 6.02. The highest BCUT2D eigenvalue weighted by molar-refractivity contribution is 7.91. The summed E-state index contributed by atoms with van der Waals surface area (Å²) in [5.74, 6) is 0.346. The van der Waals surface area contributed by atoms with Crippen LogP contribution in [0.3, 0.4) is 0 Å². The van der Waals surface area contributed by atoms with Crippen LogP contribution in [0.5, 0.6) is 0 Å². The number of rotatable bonds is 4. The Hall–Kier alpha value is -2.48. The van der Waals surface area contributed by atoms with Crippen LogP contribution in [0.4, 0.5) is 11.5 Å². The minimum atomic E-state index is -3.04. The van der Waals surface area contributed by atoms with Gasteiger partial charge < -0.3 is 10.2 Å². The summed E-state index contributed by atoms with van der Waals surface area (Å²) in [5.41, 5.74) is 2.24. The average Bonchev–Trinajstić information content (AvgIpc) is 2.96. The van der Waals surface area contributed by atoms with Crippen molar-refractivity contribution in [3.63, 3.8) is 0 Å². The van der Waals surface area contributed by atoms with Crippen LogP contribution in [0.1, 0.15) is 22.5 Å². The number of benzene rings is 1. The largest absolute Gasteiger partial charge is 0.339 e. The molecule has 1 aromatic heterocycles. The lowest BCUT2D eigenvalue weighted by Crippen LogP contribution is -2.38. The number of sulfone groups is 1. The fraction of sp³-hybridized carbons (Fsp3) is 0.353. The van der Waals surface area contributed by atoms with E-state index in [9.17, 15) is 13.2 Å². The zero-order valence-corrected chi connectivity index (χ0v) is 15.0. The van der Waals surface area contributed by atoms with E-state index in [2.05, 4.69) is 15.3 Å². The molecular formula is C17H20N4O3S. The van der Waals surface area contributed by atoms with Crippen molar-refractivity contribution in [2.45, 2.75) is 19.4 Å². The molecule has 1 fully saturated rings. The Bertz CT molecular complexity index is 864. The van der Waals surface area contributed by atoms with E-state index in [1.54, 1.807) is 7.05 Å². The van der Waals surface area contributed by atoms with Gasteiger partial charge in [0.05, 0.1) is 23.9 Å². The topological polar surface area (TPSA) is 92.3 Å². The molecule has 1 unspecified atom stereocenters. The summed E-state index contributed by atoms with van der Waals surface area (Å²) in [6, 6.07) is 7.54. The molecule has 8 heteroatoms. The van der Waals surface area contributed by atoms with Gasteiger partial charge in [-0.3, -0.25) is 4.79 Å². The molecule has 3 rings (SSSR count). The van der Waals surface area contributed by atoms with Crippen molar-refractivity contribution >= 4 is 27.2 Å². The first-order chi connectivity index (χ1) is 11.8. The maximum atomic E-state index is 12.5. The second-order valence-electron chi connectivity index (χ2n) is 6.25. The molecule has 25 heavy (non-hydrogen) atoms. The monoisotopic (exact) mass is 360 g/mol. The fourth-order valence-electron chi connectivity index (χ4n) is 2.72. The molecule has 1 N–H and O–H groups in total. The lowest BCUT2D eigenvalue weighted by Gasteiger charge is -2.22. The summed E-state index contributed by atoms with van der Waals surface area (Å²) >= 11 is 0. The Morgan fingerprint density at radius 2 is 1.92 bits per heavy atom. The van der Waals surface area contributed by atoms with Crippen LogP contribution >= 0.6 is 0 Å². The SMILES string of the molecule is Cc1ccc(Nc2cnc(C(=O)N(C)C3CCS(=O)(=O)C3)cn2)cc1. The number of aromatic nitrogens is 2. The smallest absolute Gasteiger partial charge is 0.274 e. The molecule has 2 heterocycles. The fourth-order valence-corrected chi connectivity index (χ4v) is 4.49. The van der Waals surface area contributed by atoms with Gasteiger partial charge >= 0.3 is 0 Å². The van der Waals surface area contributed by atoms with Crippen molar-refractivity contribution in [3.05, 3.63) is 47.9 Å². The van der Waals surface area contributed by atoms with Gasteiger partial charge in [-0.25, -0.2) is 18.4 Å². The minimum Gasteiger partial charge on any atom is -0.339 e. The number of nitrogens with zero attached hydrogens (tertiary/aromatic N) is 3. The zero-order valence-electron chi connectivity index (χ0n) is 14.1. The molecule has 0 saturated carbocycles. The van der Waals surface area contributed by atoms with E-state index in [1.165, 1.54) is 17.3 Å². The lowest BCUT2D eigenvalue weighted by molar-refractivity contribution is 0.0741. The third kappa shape index (κ3) is 4.14. The highest BCUT2D eigenvalue weighted by Crippen LogP contribution is 2.19. The first-order valence-electron chi connectivity index (χ1n) is 7.97. The van der Waals surface area contributed by atoms with E-state index < -0.39 is 9.84 Å². The number of carbonyl (C=O) groups is 1. The first-order valence-corrected chi connectivity index (χ1v) is 9.79. The van der Waals surface area contributed by atoms with E-state index in [0.29, 0.717) is 12.2 Å². The number of hydrogen-bond donors (Lipinski definition) is 1. The summed E-state index contributed by atoms with van der Waals surface area (Å²) in [4.78, 5) is 22.3. The van der Waals surface area contributed by atoms with Crippen LogP contribution in [0.25, 0.3) is 0 Å². The van der Waals surface area contributed by atoms with Gasteiger partial charge in [-0.15, -0.1) is 0 Å². The molecule has 7 nitrogen and oxygen atoms in total. The molecule has 132 valence electrons. The van der Waals surface area contributed by atoms with Crippen molar-refractivity contribution in [2.75, 3.05) is 23.9 Å². The van der Waals surface area contributed by atoms with E-state index in [0.717, 1.165) is 11.3 Å². The summed E-state index contributed by atoms with van der Waals surface area (Å²) < 4.78 is 23.1. The molecule has 1 aliphatic heterocycles.